The maximum Gasteiger partial charge on any atom is 0.204 e. The Morgan fingerprint density at radius 2 is 1.65 bits per heavy atom. The summed E-state index contributed by atoms with van der Waals surface area (Å²) in [6, 6.07) is 13.7. The number of halogens is 1. The van der Waals surface area contributed by atoms with Gasteiger partial charge in [0, 0.05) is 6.54 Å². The number of fused-ring (bicyclic) bond motifs is 7. The van der Waals surface area contributed by atoms with Gasteiger partial charge in [-0.3, -0.25) is 0 Å². The van der Waals surface area contributed by atoms with E-state index in [1.807, 2.05) is 0 Å². The maximum atomic E-state index is 11.1. The van der Waals surface area contributed by atoms with Crippen molar-refractivity contribution in [1.82, 2.24) is 0 Å². The van der Waals surface area contributed by atoms with Crippen LogP contribution in [0.4, 0.5) is 11.4 Å². The van der Waals surface area contributed by atoms with Crippen molar-refractivity contribution in [3.8, 4) is 17.2 Å². The highest BCUT2D eigenvalue weighted by atomic mass is 35.5. The average molecular weight is 601 g/mol. The minimum absolute atomic E-state index is 0.0718. The topological polar surface area (TPSA) is 76.0 Å². The first-order valence-electron chi connectivity index (χ1n) is 16.0. The summed E-state index contributed by atoms with van der Waals surface area (Å²) in [5.74, 6) is -0.925. The van der Waals surface area contributed by atoms with Crippen LogP contribution in [0.1, 0.15) is 92.7 Å². The molecule has 1 aliphatic carbocycles. The molecule has 0 aromatic heterocycles. The van der Waals surface area contributed by atoms with E-state index in [9.17, 15) is 15.3 Å². The number of phenolic OH excluding ortho intramolecular Hbond substituents is 3. The lowest BCUT2D eigenvalue weighted by Gasteiger charge is -2.59. The summed E-state index contributed by atoms with van der Waals surface area (Å²) in [4.78, 5) is 2.35. The summed E-state index contributed by atoms with van der Waals surface area (Å²) in [6.07, 6.45) is 10.4. The molecule has 5 nitrogen and oxygen atoms in total. The molecule has 1 saturated heterocycles. The van der Waals surface area contributed by atoms with E-state index in [1.165, 1.54) is 39.0 Å². The predicted octanol–water partition coefficient (Wildman–Crippen LogP) is 9.15. The van der Waals surface area contributed by atoms with Gasteiger partial charge in [0.1, 0.15) is 10.7 Å². The van der Waals surface area contributed by atoms with Crippen molar-refractivity contribution in [2.24, 2.45) is 5.92 Å². The van der Waals surface area contributed by atoms with Crippen molar-refractivity contribution in [2.45, 2.75) is 97.1 Å². The Kier molecular flexibility index (Phi) is 7.61. The van der Waals surface area contributed by atoms with E-state index in [1.54, 1.807) is 0 Å². The molecular formula is C37H45ClN2O3. The molecule has 1 fully saturated rings. The van der Waals surface area contributed by atoms with Gasteiger partial charge in [0.25, 0.3) is 0 Å². The highest BCUT2D eigenvalue weighted by molar-refractivity contribution is 6.36. The number of anilines is 2. The van der Waals surface area contributed by atoms with Crippen molar-refractivity contribution in [1.29, 1.82) is 0 Å². The van der Waals surface area contributed by atoms with Gasteiger partial charge in [-0.25, -0.2) is 0 Å². The molecule has 0 amide bonds. The van der Waals surface area contributed by atoms with Crippen LogP contribution in [0.25, 0.3) is 6.08 Å². The average Bonchev–Trinajstić information content (AvgIpc) is 3.29. The van der Waals surface area contributed by atoms with Crippen molar-refractivity contribution in [2.75, 3.05) is 16.8 Å². The number of hydrogen-bond donors (Lipinski definition) is 4. The second-order valence-electron chi connectivity index (χ2n) is 13.4. The third-order valence-electron chi connectivity index (χ3n) is 10.7. The molecule has 3 atom stereocenters. The highest BCUT2D eigenvalue weighted by Gasteiger charge is 2.56. The SMILES string of the molecule is CCc1ccc(CCCC(C)CC2=Cc3cc(C)c(C)cc3C23CCC2(CC)CN3c3c(Cl)c(O)c(O)c(O)c3N2)cc1. The smallest absolute Gasteiger partial charge is 0.204 e. The molecule has 2 heterocycles. The zero-order chi connectivity index (χ0) is 30.7. The largest absolute Gasteiger partial charge is 0.503 e. The molecule has 6 heteroatoms. The number of aromatic hydroxyl groups is 3. The molecule has 2 aliphatic heterocycles. The first-order valence-corrected chi connectivity index (χ1v) is 16.3. The molecule has 43 heavy (non-hydrogen) atoms. The highest BCUT2D eigenvalue weighted by Crippen LogP contribution is 2.64. The number of hydrogen-bond acceptors (Lipinski definition) is 5. The molecule has 1 spiro atoms. The van der Waals surface area contributed by atoms with E-state index in [0.29, 0.717) is 23.8 Å². The third-order valence-corrected chi connectivity index (χ3v) is 11.1. The normalized spacial score (nSPS) is 22.7. The number of nitrogens with zero attached hydrogens (tertiary/aromatic N) is 1. The van der Waals surface area contributed by atoms with Crippen LogP contribution in [-0.2, 0) is 18.4 Å². The maximum absolute atomic E-state index is 11.1. The Morgan fingerprint density at radius 1 is 0.953 bits per heavy atom. The zero-order valence-corrected chi connectivity index (χ0v) is 26.9. The van der Waals surface area contributed by atoms with Gasteiger partial charge in [-0.05, 0) is 104 Å². The van der Waals surface area contributed by atoms with E-state index >= 15 is 0 Å². The summed E-state index contributed by atoms with van der Waals surface area (Å²) in [6.45, 7) is 11.7. The van der Waals surface area contributed by atoms with Crippen LogP contribution in [0.3, 0.4) is 0 Å². The minimum atomic E-state index is -0.579. The molecule has 228 valence electrons. The van der Waals surface area contributed by atoms with Gasteiger partial charge in [0.2, 0.25) is 5.75 Å². The molecule has 2 bridgehead atoms. The lowest BCUT2D eigenvalue weighted by Crippen LogP contribution is -2.64. The van der Waals surface area contributed by atoms with Gasteiger partial charge in [-0.2, -0.15) is 0 Å². The number of piperidine rings is 1. The summed E-state index contributed by atoms with van der Waals surface area (Å²) >= 11 is 6.84. The van der Waals surface area contributed by atoms with E-state index in [-0.39, 0.29) is 16.3 Å². The van der Waals surface area contributed by atoms with Crippen molar-refractivity contribution < 1.29 is 15.3 Å². The van der Waals surface area contributed by atoms with Gasteiger partial charge in [0.15, 0.2) is 11.5 Å². The van der Waals surface area contributed by atoms with Crippen LogP contribution in [-0.4, -0.2) is 27.4 Å². The van der Waals surface area contributed by atoms with Gasteiger partial charge in [0.05, 0.1) is 16.8 Å². The van der Waals surface area contributed by atoms with Gasteiger partial charge in [-0.15, -0.1) is 0 Å². The Bertz CT molecular complexity index is 1600. The molecule has 4 N–H and O–H groups in total. The Balaban J connectivity index is 1.38. The van der Waals surface area contributed by atoms with E-state index in [4.69, 9.17) is 11.6 Å². The number of aryl methyl sites for hydroxylation is 4. The molecule has 3 aromatic carbocycles. The minimum Gasteiger partial charge on any atom is -0.503 e. The molecule has 3 aromatic rings. The molecule has 3 aliphatic rings. The first kappa shape index (κ1) is 29.7. The van der Waals surface area contributed by atoms with Crippen molar-refractivity contribution in [3.63, 3.8) is 0 Å². The Labute approximate surface area is 261 Å². The molecule has 0 radical (unpaired) electrons. The fourth-order valence-corrected chi connectivity index (χ4v) is 8.12. The third kappa shape index (κ3) is 4.75. The fourth-order valence-electron chi connectivity index (χ4n) is 7.84. The zero-order valence-electron chi connectivity index (χ0n) is 26.1. The van der Waals surface area contributed by atoms with Gasteiger partial charge >= 0.3 is 0 Å². The Morgan fingerprint density at radius 3 is 2.35 bits per heavy atom. The number of nitrogens with one attached hydrogen (secondary N) is 1. The van der Waals surface area contributed by atoms with Crippen molar-refractivity contribution >= 4 is 29.1 Å². The lowest BCUT2D eigenvalue weighted by molar-refractivity contribution is 0.250. The lowest BCUT2D eigenvalue weighted by atomic mass is 9.68. The monoisotopic (exact) mass is 600 g/mol. The first-order chi connectivity index (χ1) is 20.5. The number of rotatable bonds is 8. The van der Waals surface area contributed by atoms with Crippen LogP contribution in [0.15, 0.2) is 42.0 Å². The van der Waals surface area contributed by atoms with Crippen LogP contribution in [0.2, 0.25) is 5.02 Å². The summed E-state index contributed by atoms with van der Waals surface area (Å²) in [7, 11) is 0. The molecule has 6 rings (SSSR count). The molecular weight excluding hydrogens is 556 g/mol. The fraction of sp³-hybridized carbons (Fsp3) is 0.459. The second kappa shape index (κ2) is 11.0. The van der Waals surface area contributed by atoms with E-state index in [0.717, 1.165) is 51.4 Å². The molecule has 3 unspecified atom stereocenters. The van der Waals surface area contributed by atoms with Gasteiger partial charge in [-0.1, -0.05) is 81.3 Å². The second-order valence-corrected chi connectivity index (χ2v) is 13.7. The van der Waals surface area contributed by atoms with Gasteiger partial charge < -0.3 is 25.5 Å². The molecule has 0 saturated carbocycles. The summed E-state index contributed by atoms with van der Waals surface area (Å²) in [5.41, 5.74) is 9.43. The number of phenols is 3. The van der Waals surface area contributed by atoms with Crippen LogP contribution in [0.5, 0.6) is 17.2 Å². The quantitative estimate of drug-likeness (QED) is 0.153. The summed E-state index contributed by atoms with van der Waals surface area (Å²) in [5, 5.41) is 36.1. The van der Waals surface area contributed by atoms with Crippen molar-refractivity contribution in [3.05, 3.63) is 80.4 Å². The predicted molar refractivity (Wildman–Crippen MR) is 178 cm³/mol. The van der Waals surface area contributed by atoms with Crippen LogP contribution in [0, 0.1) is 19.8 Å². The van der Waals surface area contributed by atoms with Crippen LogP contribution < -0.4 is 10.2 Å². The standard InChI is InChI=1S/C37H45ClN2O3/c1-6-25-11-13-26(14-12-25)10-8-9-22(3)17-28-20-27-18-23(4)24(5)19-29(27)37(28)16-15-36(7-2)21-40(37)32-30(38)33(41)35(43)34(42)31(32)39-36/h11-14,18-20,22,39,41-43H,6-10,15-17,21H2,1-5H3. The Hall–Kier alpha value is -3.31. The van der Waals surface area contributed by atoms with E-state index < -0.39 is 17.0 Å². The number of benzene rings is 3. The summed E-state index contributed by atoms with van der Waals surface area (Å²) < 4.78 is 0. The van der Waals surface area contributed by atoms with E-state index in [2.05, 4.69) is 87.3 Å². The van der Waals surface area contributed by atoms with Crippen LogP contribution >= 0.6 is 11.6 Å².